The number of thiazole rings is 1. The summed E-state index contributed by atoms with van der Waals surface area (Å²) in [6.45, 7) is 13.5. The second-order valence-electron chi connectivity index (χ2n) is 8.04. The monoisotopic (exact) mass is 404 g/mol. The van der Waals surface area contributed by atoms with Gasteiger partial charge in [-0.15, -0.1) is 17.9 Å². The predicted octanol–water partition coefficient (Wildman–Crippen LogP) is 2.48. The van der Waals surface area contributed by atoms with Crippen LogP contribution in [0, 0.1) is 12.8 Å². The average Bonchev–Trinajstić information content (AvgIpc) is 3.12. The molecule has 0 saturated carbocycles. The SMILES string of the molecule is C=CCN1CCC(NC(=NC)NCC2CCN(Cc3csc(C)n3)CC2)CC1. The molecule has 156 valence electrons. The van der Waals surface area contributed by atoms with Gasteiger partial charge in [0.2, 0.25) is 0 Å². The van der Waals surface area contributed by atoms with Crippen LogP contribution in [0.2, 0.25) is 0 Å². The van der Waals surface area contributed by atoms with Gasteiger partial charge in [-0.25, -0.2) is 4.98 Å². The molecule has 0 bridgehead atoms. The van der Waals surface area contributed by atoms with E-state index in [0.29, 0.717) is 6.04 Å². The normalized spacial score (nSPS) is 21.0. The summed E-state index contributed by atoms with van der Waals surface area (Å²) in [6, 6.07) is 0.524. The smallest absolute Gasteiger partial charge is 0.191 e. The maximum absolute atomic E-state index is 4.60. The van der Waals surface area contributed by atoms with Gasteiger partial charge in [-0.3, -0.25) is 14.8 Å². The fourth-order valence-corrected chi connectivity index (χ4v) is 4.73. The van der Waals surface area contributed by atoms with E-state index in [2.05, 4.69) is 49.3 Å². The zero-order valence-electron chi connectivity index (χ0n) is 17.5. The first-order valence-electron chi connectivity index (χ1n) is 10.6. The molecule has 0 atom stereocenters. The number of hydrogen-bond acceptors (Lipinski definition) is 5. The number of nitrogens with zero attached hydrogens (tertiary/aromatic N) is 4. The van der Waals surface area contributed by atoms with Gasteiger partial charge in [0, 0.05) is 51.2 Å². The summed E-state index contributed by atoms with van der Waals surface area (Å²) in [5.74, 6) is 1.68. The molecule has 3 rings (SSSR count). The number of aromatic nitrogens is 1. The third kappa shape index (κ3) is 6.57. The number of rotatable bonds is 7. The minimum Gasteiger partial charge on any atom is -0.356 e. The Labute approximate surface area is 174 Å². The number of piperidine rings is 2. The molecule has 7 heteroatoms. The standard InChI is InChI=1S/C21H36N6S/c1-4-9-26-12-7-19(8-13-26)25-21(22-3)23-14-18-5-10-27(11-6-18)15-20-16-28-17(2)24-20/h4,16,18-19H,1,5-15H2,2-3H3,(H2,22,23,25). The largest absolute Gasteiger partial charge is 0.356 e. The van der Waals surface area contributed by atoms with Gasteiger partial charge in [-0.05, 0) is 51.6 Å². The number of aryl methyl sites for hydroxylation is 1. The van der Waals surface area contributed by atoms with Crippen LogP contribution < -0.4 is 10.6 Å². The van der Waals surface area contributed by atoms with Crippen LogP contribution in [-0.2, 0) is 6.54 Å². The van der Waals surface area contributed by atoms with Crippen molar-refractivity contribution < 1.29 is 0 Å². The maximum Gasteiger partial charge on any atom is 0.191 e. The maximum atomic E-state index is 4.60. The molecule has 0 aromatic carbocycles. The van der Waals surface area contributed by atoms with Crippen LogP contribution in [-0.4, -0.2) is 73.1 Å². The Morgan fingerprint density at radius 1 is 1.25 bits per heavy atom. The van der Waals surface area contributed by atoms with Crippen molar-refractivity contribution in [2.45, 2.75) is 45.2 Å². The summed E-state index contributed by atoms with van der Waals surface area (Å²) in [7, 11) is 1.88. The van der Waals surface area contributed by atoms with E-state index in [4.69, 9.17) is 0 Å². The highest BCUT2D eigenvalue weighted by Gasteiger charge is 2.22. The molecule has 3 heterocycles. The molecule has 0 amide bonds. The molecule has 0 unspecified atom stereocenters. The third-order valence-electron chi connectivity index (χ3n) is 5.86. The van der Waals surface area contributed by atoms with Gasteiger partial charge in [-0.2, -0.15) is 0 Å². The van der Waals surface area contributed by atoms with Gasteiger partial charge < -0.3 is 10.6 Å². The Hall–Kier alpha value is -1.44. The topological polar surface area (TPSA) is 55.8 Å². The summed E-state index contributed by atoms with van der Waals surface area (Å²) in [6.07, 6.45) is 6.82. The molecule has 2 fully saturated rings. The molecule has 1 aromatic heterocycles. The van der Waals surface area contributed by atoms with E-state index in [9.17, 15) is 0 Å². The molecule has 0 radical (unpaired) electrons. The summed E-state index contributed by atoms with van der Waals surface area (Å²) in [5, 5.41) is 10.6. The van der Waals surface area contributed by atoms with Crippen molar-refractivity contribution in [2.24, 2.45) is 10.9 Å². The van der Waals surface area contributed by atoms with Gasteiger partial charge in [0.25, 0.3) is 0 Å². The van der Waals surface area contributed by atoms with Crippen LogP contribution in [0.5, 0.6) is 0 Å². The second kappa shape index (κ2) is 10.9. The van der Waals surface area contributed by atoms with Crippen molar-refractivity contribution >= 4 is 17.3 Å². The highest BCUT2D eigenvalue weighted by Crippen LogP contribution is 2.19. The van der Waals surface area contributed by atoms with Crippen LogP contribution in [0.4, 0.5) is 0 Å². The second-order valence-corrected chi connectivity index (χ2v) is 9.10. The number of nitrogens with one attached hydrogen (secondary N) is 2. The van der Waals surface area contributed by atoms with E-state index in [1.54, 1.807) is 11.3 Å². The lowest BCUT2D eigenvalue weighted by atomic mass is 9.97. The van der Waals surface area contributed by atoms with E-state index < -0.39 is 0 Å². The molecule has 2 N–H and O–H groups in total. The lowest BCUT2D eigenvalue weighted by Gasteiger charge is -2.33. The molecule has 2 aliphatic rings. The van der Waals surface area contributed by atoms with Crippen LogP contribution in [0.1, 0.15) is 36.4 Å². The molecule has 28 heavy (non-hydrogen) atoms. The van der Waals surface area contributed by atoms with Gasteiger partial charge in [0.05, 0.1) is 10.7 Å². The summed E-state index contributed by atoms with van der Waals surface area (Å²) in [5.41, 5.74) is 1.22. The fraction of sp³-hybridized carbons (Fsp3) is 0.714. The third-order valence-corrected chi connectivity index (χ3v) is 6.68. The van der Waals surface area contributed by atoms with E-state index in [1.165, 1.54) is 36.4 Å². The number of aliphatic imine (C=N–C) groups is 1. The molecule has 0 spiro atoms. The summed E-state index contributed by atoms with van der Waals surface area (Å²) < 4.78 is 0. The fourth-order valence-electron chi connectivity index (χ4n) is 4.13. The zero-order valence-corrected chi connectivity index (χ0v) is 18.3. The van der Waals surface area contributed by atoms with Gasteiger partial charge in [-0.1, -0.05) is 6.08 Å². The highest BCUT2D eigenvalue weighted by atomic mass is 32.1. The van der Waals surface area contributed by atoms with E-state index in [-0.39, 0.29) is 0 Å². The first-order valence-corrected chi connectivity index (χ1v) is 11.5. The Balaban J connectivity index is 1.33. The van der Waals surface area contributed by atoms with Crippen molar-refractivity contribution in [1.82, 2.24) is 25.4 Å². The first kappa shape index (κ1) is 21.3. The minimum atomic E-state index is 0.524. The van der Waals surface area contributed by atoms with Crippen LogP contribution in [0.15, 0.2) is 23.0 Å². The predicted molar refractivity (Wildman–Crippen MR) is 119 cm³/mol. The van der Waals surface area contributed by atoms with E-state index in [0.717, 1.165) is 57.7 Å². The number of likely N-dealkylation sites (tertiary alicyclic amines) is 2. The zero-order chi connectivity index (χ0) is 19.8. The summed E-state index contributed by atoms with van der Waals surface area (Å²) >= 11 is 1.75. The average molecular weight is 405 g/mol. The Kier molecular flexibility index (Phi) is 8.30. The van der Waals surface area contributed by atoms with Gasteiger partial charge in [0.15, 0.2) is 5.96 Å². The van der Waals surface area contributed by atoms with Gasteiger partial charge in [0.1, 0.15) is 0 Å². The van der Waals surface area contributed by atoms with Gasteiger partial charge >= 0.3 is 0 Å². The molecular formula is C21H36N6S. The van der Waals surface area contributed by atoms with Crippen molar-refractivity contribution in [3.63, 3.8) is 0 Å². The van der Waals surface area contributed by atoms with Crippen molar-refractivity contribution in [3.05, 3.63) is 28.7 Å². The van der Waals surface area contributed by atoms with E-state index in [1.807, 2.05) is 13.1 Å². The van der Waals surface area contributed by atoms with Crippen molar-refractivity contribution in [1.29, 1.82) is 0 Å². The lowest BCUT2D eigenvalue weighted by Crippen LogP contribution is -2.49. The van der Waals surface area contributed by atoms with Crippen LogP contribution in [0.3, 0.4) is 0 Å². The quantitative estimate of drug-likeness (QED) is 0.415. The Bertz CT molecular complexity index is 627. The van der Waals surface area contributed by atoms with Crippen molar-refractivity contribution in [3.8, 4) is 0 Å². The number of hydrogen-bond donors (Lipinski definition) is 2. The molecular weight excluding hydrogens is 368 g/mol. The summed E-state index contributed by atoms with van der Waals surface area (Å²) in [4.78, 5) is 14.0. The Morgan fingerprint density at radius 2 is 1.96 bits per heavy atom. The molecule has 6 nitrogen and oxygen atoms in total. The number of guanidine groups is 1. The first-order chi connectivity index (χ1) is 13.7. The molecule has 2 aliphatic heterocycles. The minimum absolute atomic E-state index is 0.524. The Morgan fingerprint density at radius 3 is 2.57 bits per heavy atom. The molecule has 2 saturated heterocycles. The molecule has 0 aliphatic carbocycles. The highest BCUT2D eigenvalue weighted by molar-refractivity contribution is 7.09. The van der Waals surface area contributed by atoms with Crippen LogP contribution >= 0.6 is 11.3 Å². The molecule has 1 aromatic rings. The lowest BCUT2D eigenvalue weighted by molar-refractivity contribution is 0.176. The van der Waals surface area contributed by atoms with Crippen molar-refractivity contribution in [2.75, 3.05) is 46.3 Å². The van der Waals surface area contributed by atoms with E-state index >= 15 is 0 Å². The van der Waals surface area contributed by atoms with Crippen LogP contribution in [0.25, 0.3) is 0 Å².